The maximum Gasteiger partial charge on any atom is 0.189 e. The number of carbonyl (C=O) groups is 1. The van der Waals surface area contributed by atoms with Crippen LogP contribution in [0.3, 0.4) is 0 Å². The van der Waals surface area contributed by atoms with Crippen molar-refractivity contribution in [3.05, 3.63) is 94.0 Å². The van der Waals surface area contributed by atoms with Crippen molar-refractivity contribution in [2.24, 2.45) is 0 Å². The molecule has 0 fully saturated rings. The molecular formula is C25H23ClO4. The van der Waals surface area contributed by atoms with E-state index in [0.29, 0.717) is 22.9 Å². The summed E-state index contributed by atoms with van der Waals surface area (Å²) in [5.74, 6) is 1.90. The quantitative estimate of drug-likeness (QED) is 0.323. The molecule has 0 unspecified atom stereocenters. The third-order valence-corrected chi connectivity index (χ3v) is 4.86. The molecular weight excluding hydrogens is 400 g/mol. The Labute approximate surface area is 181 Å². The van der Waals surface area contributed by atoms with Gasteiger partial charge >= 0.3 is 0 Å². The molecule has 5 heteroatoms. The molecule has 0 amide bonds. The minimum atomic E-state index is -0.127. The highest BCUT2D eigenvalue weighted by molar-refractivity contribution is 6.30. The van der Waals surface area contributed by atoms with Crippen LogP contribution in [0.1, 0.15) is 27.0 Å². The van der Waals surface area contributed by atoms with Crippen LogP contribution in [0.2, 0.25) is 5.02 Å². The van der Waals surface area contributed by atoms with Crippen molar-refractivity contribution in [1.82, 2.24) is 0 Å². The fourth-order valence-corrected chi connectivity index (χ4v) is 3.28. The molecule has 0 aliphatic rings. The van der Waals surface area contributed by atoms with Gasteiger partial charge in [-0.1, -0.05) is 35.9 Å². The number of allylic oxidation sites excluding steroid dienone is 1. The molecule has 154 valence electrons. The van der Waals surface area contributed by atoms with Crippen molar-refractivity contribution in [3.8, 4) is 17.2 Å². The van der Waals surface area contributed by atoms with E-state index in [4.69, 9.17) is 25.8 Å². The molecule has 0 saturated carbocycles. The normalized spacial score (nSPS) is 10.8. The molecule has 0 heterocycles. The predicted molar refractivity (Wildman–Crippen MR) is 120 cm³/mol. The van der Waals surface area contributed by atoms with Crippen molar-refractivity contribution >= 4 is 23.5 Å². The number of halogens is 1. The summed E-state index contributed by atoms with van der Waals surface area (Å²) >= 11 is 6.01. The van der Waals surface area contributed by atoms with E-state index in [-0.39, 0.29) is 5.78 Å². The largest absolute Gasteiger partial charge is 0.496 e. The highest BCUT2D eigenvalue weighted by Crippen LogP contribution is 2.26. The summed E-state index contributed by atoms with van der Waals surface area (Å²) < 4.78 is 16.7. The number of rotatable bonds is 8. The van der Waals surface area contributed by atoms with E-state index in [2.05, 4.69) is 0 Å². The van der Waals surface area contributed by atoms with Gasteiger partial charge in [-0.05, 0) is 66.6 Å². The lowest BCUT2D eigenvalue weighted by atomic mass is 10.1. The average Bonchev–Trinajstić information content (AvgIpc) is 2.76. The first kappa shape index (κ1) is 21.5. The number of benzene rings is 3. The first-order valence-corrected chi connectivity index (χ1v) is 9.81. The molecule has 0 atom stereocenters. The van der Waals surface area contributed by atoms with Crippen LogP contribution in [0.25, 0.3) is 6.08 Å². The maximum absolute atomic E-state index is 12.6. The number of ether oxygens (including phenoxy) is 3. The van der Waals surface area contributed by atoms with Gasteiger partial charge in [0.05, 0.1) is 19.8 Å². The molecule has 0 aromatic heterocycles. The van der Waals surface area contributed by atoms with E-state index >= 15 is 0 Å². The van der Waals surface area contributed by atoms with Crippen molar-refractivity contribution in [1.29, 1.82) is 0 Å². The lowest BCUT2D eigenvalue weighted by Gasteiger charge is -2.13. The fraction of sp³-hybridized carbons (Fsp3) is 0.160. The zero-order valence-electron chi connectivity index (χ0n) is 17.1. The Kier molecular flexibility index (Phi) is 7.15. The molecule has 0 radical (unpaired) electrons. The second-order valence-electron chi connectivity index (χ2n) is 6.67. The molecule has 3 aromatic rings. The molecule has 30 heavy (non-hydrogen) atoms. The Morgan fingerprint density at radius 1 is 0.933 bits per heavy atom. The minimum Gasteiger partial charge on any atom is -0.496 e. The number of ketones is 1. The van der Waals surface area contributed by atoms with Gasteiger partial charge in [-0.2, -0.15) is 0 Å². The van der Waals surface area contributed by atoms with Crippen molar-refractivity contribution in [2.45, 2.75) is 13.5 Å². The summed E-state index contributed by atoms with van der Waals surface area (Å²) in [5.41, 5.74) is 3.22. The number of hydrogen-bond donors (Lipinski definition) is 0. The number of aryl methyl sites for hydroxylation is 1. The molecule has 0 saturated heterocycles. The smallest absolute Gasteiger partial charge is 0.189 e. The van der Waals surface area contributed by atoms with Gasteiger partial charge in [0.25, 0.3) is 0 Å². The first-order chi connectivity index (χ1) is 14.5. The summed E-state index contributed by atoms with van der Waals surface area (Å²) in [6.45, 7) is 2.27. The monoisotopic (exact) mass is 422 g/mol. The molecule has 0 N–H and O–H groups in total. The van der Waals surface area contributed by atoms with Crippen LogP contribution in [0.4, 0.5) is 0 Å². The fourth-order valence-electron chi connectivity index (χ4n) is 3.06. The number of hydrogen-bond acceptors (Lipinski definition) is 4. The number of carbonyl (C=O) groups excluding carboxylic acids is 1. The van der Waals surface area contributed by atoms with E-state index in [1.807, 2.05) is 49.4 Å². The third-order valence-electron chi connectivity index (χ3n) is 4.62. The van der Waals surface area contributed by atoms with Crippen LogP contribution in [0.5, 0.6) is 17.2 Å². The van der Waals surface area contributed by atoms with Gasteiger partial charge in [-0.3, -0.25) is 4.79 Å². The maximum atomic E-state index is 12.6. The van der Waals surface area contributed by atoms with Crippen LogP contribution in [0, 0.1) is 6.92 Å². The summed E-state index contributed by atoms with van der Waals surface area (Å²) in [7, 11) is 3.17. The summed E-state index contributed by atoms with van der Waals surface area (Å²) in [6.07, 6.45) is 3.30. The average molecular weight is 423 g/mol. The SMILES string of the molecule is COc1ccc(/C=C/C(=O)c2ccccc2OC)cc1COc1ccc(Cl)cc1C. The molecule has 0 aliphatic heterocycles. The van der Waals surface area contributed by atoms with E-state index in [9.17, 15) is 4.79 Å². The molecule has 4 nitrogen and oxygen atoms in total. The van der Waals surface area contributed by atoms with Crippen LogP contribution in [0.15, 0.2) is 66.7 Å². The number of para-hydroxylation sites is 1. The summed E-state index contributed by atoms with van der Waals surface area (Å²) in [5, 5.41) is 0.671. The van der Waals surface area contributed by atoms with Gasteiger partial charge in [-0.15, -0.1) is 0 Å². The van der Waals surface area contributed by atoms with Gasteiger partial charge in [0, 0.05) is 10.6 Å². The van der Waals surface area contributed by atoms with Crippen LogP contribution < -0.4 is 14.2 Å². The molecule has 0 spiro atoms. The lowest BCUT2D eigenvalue weighted by molar-refractivity contribution is 0.104. The van der Waals surface area contributed by atoms with Gasteiger partial charge in [-0.25, -0.2) is 0 Å². The van der Waals surface area contributed by atoms with E-state index < -0.39 is 0 Å². The number of methoxy groups -OCH3 is 2. The summed E-state index contributed by atoms with van der Waals surface area (Å²) in [4.78, 5) is 12.6. The van der Waals surface area contributed by atoms with Gasteiger partial charge in [0.15, 0.2) is 5.78 Å². The van der Waals surface area contributed by atoms with Crippen molar-refractivity contribution in [2.75, 3.05) is 14.2 Å². The van der Waals surface area contributed by atoms with E-state index in [0.717, 1.165) is 28.2 Å². The molecule has 0 aliphatic carbocycles. The highest BCUT2D eigenvalue weighted by atomic mass is 35.5. The van der Waals surface area contributed by atoms with Crippen LogP contribution in [-0.4, -0.2) is 20.0 Å². The third kappa shape index (κ3) is 5.22. The Morgan fingerprint density at radius 3 is 2.40 bits per heavy atom. The molecule has 3 rings (SSSR count). The topological polar surface area (TPSA) is 44.8 Å². The Hall–Kier alpha value is -3.24. The van der Waals surface area contributed by atoms with Crippen LogP contribution in [-0.2, 0) is 6.61 Å². The second kappa shape index (κ2) is 9.99. The van der Waals surface area contributed by atoms with Gasteiger partial charge < -0.3 is 14.2 Å². The van der Waals surface area contributed by atoms with Gasteiger partial charge in [0.2, 0.25) is 0 Å². The van der Waals surface area contributed by atoms with Crippen molar-refractivity contribution < 1.29 is 19.0 Å². The predicted octanol–water partition coefficient (Wildman–Crippen LogP) is 6.14. The zero-order valence-corrected chi connectivity index (χ0v) is 17.9. The Morgan fingerprint density at radius 2 is 1.67 bits per heavy atom. The van der Waals surface area contributed by atoms with Gasteiger partial charge in [0.1, 0.15) is 23.9 Å². The highest BCUT2D eigenvalue weighted by Gasteiger charge is 2.10. The zero-order chi connectivity index (χ0) is 21.5. The summed E-state index contributed by atoms with van der Waals surface area (Å²) in [6, 6.07) is 18.3. The lowest BCUT2D eigenvalue weighted by Crippen LogP contribution is -2.01. The Balaban J connectivity index is 1.78. The van der Waals surface area contributed by atoms with E-state index in [1.54, 1.807) is 38.5 Å². The second-order valence-corrected chi connectivity index (χ2v) is 7.10. The molecule has 0 bridgehead atoms. The standard InChI is InChI=1S/C25H23ClO4/c1-17-14-20(26)10-13-23(17)30-16-19-15-18(9-12-24(19)28-2)8-11-22(27)21-6-4-5-7-25(21)29-3/h4-15H,16H2,1-3H3/b11-8+. The van der Waals surface area contributed by atoms with E-state index in [1.165, 1.54) is 6.08 Å². The van der Waals surface area contributed by atoms with Crippen LogP contribution >= 0.6 is 11.6 Å². The molecule has 3 aromatic carbocycles. The Bertz CT molecular complexity index is 1070. The van der Waals surface area contributed by atoms with Crippen molar-refractivity contribution in [3.63, 3.8) is 0 Å². The first-order valence-electron chi connectivity index (χ1n) is 9.43. The minimum absolute atomic E-state index is 0.127.